The van der Waals surface area contributed by atoms with Crippen LogP contribution in [0, 0.1) is 0 Å². The average Bonchev–Trinajstić information content (AvgIpc) is 3.07. The summed E-state index contributed by atoms with van der Waals surface area (Å²) in [6, 6.07) is 0.563. The van der Waals surface area contributed by atoms with E-state index < -0.39 is 10.0 Å². The van der Waals surface area contributed by atoms with E-state index in [1.54, 1.807) is 0 Å². The molecule has 0 saturated heterocycles. The standard InChI is InChI=1S/C11H24N2O3S/c1-2-8-16-9-3-6-13-17(14,15)10-7-12-11-4-5-11/h11-13H,2-10H2,1H3. The minimum absolute atomic E-state index is 0.166. The van der Waals surface area contributed by atoms with Crippen molar-refractivity contribution in [1.29, 1.82) is 0 Å². The Bertz CT molecular complexity index is 289. The number of ether oxygens (including phenoxy) is 1. The smallest absolute Gasteiger partial charge is 0.212 e. The van der Waals surface area contributed by atoms with Crippen molar-refractivity contribution in [2.24, 2.45) is 0 Å². The van der Waals surface area contributed by atoms with Gasteiger partial charge in [0.05, 0.1) is 5.75 Å². The summed E-state index contributed by atoms with van der Waals surface area (Å²) in [6.45, 7) is 4.44. The van der Waals surface area contributed by atoms with Crippen LogP contribution >= 0.6 is 0 Å². The summed E-state index contributed by atoms with van der Waals surface area (Å²) < 4.78 is 30.9. The van der Waals surface area contributed by atoms with Gasteiger partial charge in [-0.05, 0) is 25.7 Å². The molecule has 0 spiro atoms. The Kier molecular flexibility index (Phi) is 7.03. The Morgan fingerprint density at radius 2 is 2.00 bits per heavy atom. The second-order valence-corrected chi connectivity index (χ2v) is 6.33. The first kappa shape index (κ1) is 14.9. The van der Waals surface area contributed by atoms with Crippen molar-refractivity contribution in [2.75, 3.05) is 32.1 Å². The zero-order chi connectivity index (χ0) is 12.6. The van der Waals surface area contributed by atoms with Crippen LogP contribution in [0.15, 0.2) is 0 Å². The molecule has 0 aromatic heterocycles. The van der Waals surface area contributed by atoms with Crippen molar-refractivity contribution in [3.05, 3.63) is 0 Å². The average molecular weight is 264 g/mol. The maximum Gasteiger partial charge on any atom is 0.212 e. The molecule has 2 N–H and O–H groups in total. The normalized spacial score (nSPS) is 16.3. The number of sulfonamides is 1. The summed E-state index contributed by atoms with van der Waals surface area (Å²) in [7, 11) is -3.11. The van der Waals surface area contributed by atoms with Gasteiger partial charge in [-0.2, -0.15) is 0 Å². The van der Waals surface area contributed by atoms with Gasteiger partial charge in [-0.25, -0.2) is 13.1 Å². The molecule has 17 heavy (non-hydrogen) atoms. The number of rotatable bonds is 11. The van der Waals surface area contributed by atoms with Gasteiger partial charge in [0.15, 0.2) is 0 Å². The highest BCUT2D eigenvalue weighted by molar-refractivity contribution is 7.89. The number of nitrogens with one attached hydrogen (secondary N) is 2. The second-order valence-electron chi connectivity index (χ2n) is 4.41. The summed E-state index contributed by atoms with van der Waals surface area (Å²) >= 11 is 0. The summed E-state index contributed by atoms with van der Waals surface area (Å²) in [6.07, 6.45) is 4.10. The predicted molar refractivity (Wildman–Crippen MR) is 68.5 cm³/mol. The van der Waals surface area contributed by atoms with Crippen LogP contribution < -0.4 is 10.0 Å². The zero-order valence-electron chi connectivity index (χ0n) is 10.6. The molecule has 0 aliphatic heterocycles. The van der Waals surface area contributed by atoms with Crippen LogP contribution in [-0.2, 0) is 14.8 Å². The summed E-state index contributed by atoms with van der Waals surface area (Å²) in [5.41, 5.74) is 0. The van der Waals surface area contributed by atoms with Crippen LogP contribution in [0.25, 0.3) is 0 Å². The molecular formula is C11H24N2O3S. The Balaban J connectivity index is 1.95. The molecule has 0 amide bonds. The third-order valence-corrected chi connectivity index (χ3v) is 3.90. The molecule has 1 aliphatic rings. The van der Waals surface area contributed by atoms with E-state index in [9.17, 15) is 8.42 Å². The van der Waals surface area contributed by atoms with Gasteiger partial charge in [0.25, 0.3) is 0 Å². The molecule has 0 atom stereocenters. The Morgan fingerprint density at radius 3 is 2.65 bits per heavy atom. The summed E-state index contributed by atoms with van der Waals surface area (Å²) in [5.74, 6) is 0.166. The maximum absolute atomic E-state index is 11.5. The molecule has 1 aliphatic carbocycles. The Hall–Kier alpha value is -0.170. The van der Waals surface area contributed by atoms with Crippen molar-refractivity contribution in [2.45, 2.75) is 38.6 Å². The van der Waals surface area contributed by atoms with E-state index in [0.29, 0.717) is 25.7 Å². The molecule has 1 fully saturated rings. The van der Waals surface area contributed by atoms with Gasteiger partial charge in [0, 0.05) is 32.3 Å². The first-order chi connectivity index (χ1) is 8.14. The van der Waals surface area contributed by atoms with Gasteiger partial charge >= 0.3 is 0 Å². The molecule has 0 unspecified atom stereocenters. The van der Waals surface area contributed by atoms with Crippen molar-refractivity contribution in [1.82, 2.24) is 10.0 Å². The third kappa shape index (κ3) is 8.54. The minimum atomic E-state index is -3.11. The van der Waals surface area contributed by atoms with E-state index in [2.05, 4.69) is 17.0 Å². The summed E-state index contributed by atoms with van der Waals surface area (Å²) in [5, 5.41) is 3.19. The molecular weight excluding hydrogens is 240 g/mol. The van der Waals surface area contributed by atoms with Crippen LogP contribution in [0.1, 0.15) is 32.6 Å². The molecule has 5 nitrogen and oxygen atoms in total. The maximum atomic E-state index is 11.5. The van der Waals surface area contributed by atoms with Crippen LogP contribution in [-0.4, -0.2) is 46.5 Å². The molecule has 1 saturated carbocycles. The highest BCUT2D eigenvalue weighted by atomic mass is 32.2. The minimum Gasteiger partial charge on any atom is -0.381 e. The topological polar surface area (TPSA) is 67.4 Å². The molecule has 0 aromatic carbocycles. The molecule has 6 heteroatoms. The van der Waals surface area contributed by atoms with Gasteiger partial charge in [0.2, 0.25) is 10.0 Å². The SMILES string of the molecule is CCCOCCCNS(=O)(=O)CCNC1CC1. The first-order valence-corrected chi connectivity index (χ1v) is 8.08. The number of hydrogen-bond acceptors (Lipinski definition) is 4. The fraction of sp³-hybridized carbons (Fsp3) is 1.00. The fourth-order valence-electron chi connectivity index (χ4n) is 1.41. The van der Waals surface area contributed by atoms with Crippen molar-refractivity contribution in [3.63, 3.8) is 0 Å². The highest BCUT2D eigenvalue weighted by Gasteiger charge is 2.20. The fourth-order valence-corrected chi connectivity index (χ4v) is 2.39. The van der Waals surface area contributed by atoms with Gasteiger partial charge in [-0.15, -0.1) is 0 Å². The van der Waals surface area contributed by atoms with E-state index >= 15 is 0 Å². The molecule has 1 rings (SSSR count). The number of hydrogen-bond donors (Lipinski definition) is 2. The van der Waals surface area contributed by atoms with Crippen LogP contribution in [0.5, 0.6) is 0 Å². The van der Waals surface area contributed by atoms with E-state index in [0.717, 1.165) is 19.4 Å². The van der Waals surface area contributed by atoms with E-state index in [1.807, 2.05) is 0 Å². The molecule has 0 heterocycles. The van der Waals surface area contributed by atoms with Gasteiger partial charge < -0.3 is 10.1 Å². The molecule has 0 aromatic rings. The van der Waals surface area contributed by atoms with Crippen molar-refractivity contribution >= 4 is 10.0 Å². The zero-order valence-corrected chi connectivity index (χ0v) is 11.4. The lowest BCUT2D eigenvalue weighted by atomic mass is 10.4. The van der Waals surface area contributed by atoms with Crippen molar-refractivity contribution in [3.8, 4) is 0 Å². The largest absolute Gasteiger partial charge is 0.381 e. The lowest BCUT2D eigenvalue weighted by molar-refractivity contribution is 0.133. The lowest BCUT2D eigenvalue weighted by Gasteiger charge is -2.07. The first-order valence-electron chi connectivity index (χ1n) is 6.42. The monoisotopic (exact) mass is 264 g/mol. The van der Waals surface area contributed by atoms with Gasteiger partial charge in [-0.3, -0.25) is 0 Å². The van der Waals surface area contributed by atoms with Gasteiger partial charge in [-0.1, -0.05) is 6.92 Å². The van der Waals surface area contributed by atoms with Crippen molar-refractivity contribution < 1.29 is 13.2 Å². The second kappa shape index (κ2) is 8.02. The van der Waals surface area contributed by atoms with Crippen LogP contribution in [0.2, 0.25) is 0 Å². The Morgan fingerprint density at radius 1 is 1.24 bits per heavy atom. The molecule has 0 bridgehead atoms. The van der Waals surface area contributed by atoms with E-state index in [1.165, 1.54) is 12.8 Å². The highest BCUT2D eigenvalue weighted by Crippen LogP contribution is 2.17. The quantitative estimate of drug-likeness (QED) is 0.533. The molecule has 0 radical (unpaired) electrons. The lowest BCUT2D eigenvalue weighted by Crippen LogP contribution is -2.33. The van der Waals surface area contributed by atoms with E-state index in [-0.39, 0.29) is 5.75 Å². The Labute approximate surface area is 104 Å². The summed E-state index contributed by atoms with van der Waals surface area (Å²) in [4.78, 5) is 0. The molecule has 102 valence electrons. The van der Waals surface area contributed by atoms with Crippen LogP contribution in [0.4, 0.5) is 0 Å². The predicted octanol–water partition coefficient (Wildman–Crippen LogP) is 0.475. The third-order valence-electron chi connectivity index (χ3n) is 2.52. The van der Waals surface area contributed by atoms with Crippen LogP contribution in [0.3, 0.4) is 0 Å². The van der Waals surface area contributed by atoms with Gasteiger partial charge in [0.1, 0.15) is 0 Å². The van der Waals surface area contributed by atoms with E-state index in [4.69, 9.17) is 4.74 Å².